The Bertz CT molecular complexity index is 421. The molecule has 0 saturated carbocycles. The number of hydrogen-bond donors (Lipinski definition) is 1. The van der Waals surface area contributed by atoms with E-state index in [0.29, 0.717) is 6.54 Å². The molecule has 0 heterocycles. The molecule has 1 aromatic rings. The predicted octanol–water partition coefficient (Wildman–Crippen LogP) is 3.23. The maximum Gasteiger partial charge on any atom is 0.411 e. The molecule has 0 aliphatic rings. The first-order valence-electron chi connectivity index (χ1n) is 6.36. The lowest BCUT2D eigenvalue weighted by Gasteiger charge is -2.18. The van der Waals surface area contributed by atoms with Gasteiger partial charge in [0, 0.05) is 18.2 Å². The van der Waals surface area contributed by atoms with Gasteiger partial charge in [0.2, 0.25) is 0 Å². The minimum atomic E-state index is -4.27. The maximum atomic E-state index is 11.9. The molecule has 1 N–H and O–H groups in total. The molecule has 0 radical (unpaired) electrons. The predicted molar refractivity (Wildman–Crippen MR) is 71.0 cm³/mol. The van der Waals surface area contributed by atoms with Crippen LogP contribution >= 0.6 is 0 Å². The van der Waals surface area contributed by atoms with E-state index < -0.39 is 12.8 Å². The zero-order valence-corrected chi connectivity index (χ0v) is 11.9. The van der Waals surface area contributed by atoms with Gasteiger partial charge in [-0.15, -0.1) is 0 Å². The Morgan fingerprint density at radius 3 is 2.60 bits per heavy atom. The first kappa shape index (κ1) is 16.8. The number of ether oxygens (including phenoxy) is 2. The average Bonchev–Trinajstić information content (AvgIpc) is 2.36. The molecule has 114 valence electrons. The molecule has 20 heavy (non-hydrogen) atoms. The van der Waals surface area contributed by atoms with Crippen molar-refractivity contribution in [2.75, 3.05) is 26.9 Å². The second-order valence-corrected chi connectivity index (χ2v) is 4.59. The zero-order chi connectivity index (χ0) is 15.2. The van der Waals surface area contributed by atoms with Crippen molar-refractivity contribution in [3.63, 3.8) is 0 Å². The maximum absolute atomic E-state index is 11.9. The molecule has 1 atom stereocenters. The van der Waals surface area contributed by atoms with E-state index >= 15 is 0 Å². The zero-order valence-electron chi connectivity index (χ0n) is 11.9. The summed E-state index contributed by atoms with van der Waals surface area (Å²) in [6, 6.07) is 5.81. The van der Waals surface area contributed by atoms with Gasteiger partial charge in [0.05, 0.1) is 13.7 Å². The lowest BCUT2D eigenvalue weighted by Crippen LogP contribution is -2.26. The summed E-state index contributed by atoms with van der Waals surface area (Å²) < 4.78 is 45.5. The first-order valence-corrected chi connectivity index (χ1v) is 6.36. The molecule has 3 nitrogen and oxygen atoms in total. The van der Waals surface area contributed by atoms with Crippen LogP contribution in [-0.4, -0.2) is 33.0 Å². The molecular weight excluding hydrogens is 271 g/mol. The second-order valence-electron chi connectivity index (χ2n) is 4.59. The largest absolute Gasteiger partial charge is 0.496 e. The number of nitrogens with one attached hydrogen (secondary N) is 1. The molecule has 1 rings (SSSR count). The van der Waals surface area contributed by atoms with Crippen molar-refractivity contribution >= 4 is 0 Å². The number of methoxy groups -OCH3 is 1. The third-order valence-corrected chi connectivity index (χ3v) is 2.82. The normalized spacial score (nSPS) is 13.3. The van der Waals surface area contributed by atoms with E-state index in [1.165, 1.54) is 0 Å². The Morgan fingerprint density at radius 1 is 1.30 bits per heavy atom. The summed E-state index contributed by atoms with van der Waals surface area (Å²) >= 11 is 0. The Morgan fingerprint density at radius 2 is 2.00 bits per heavy atom. The van der Waals surface area contributed by atoms with Crippen molar-refractivity contribution in [3.05, 3.63) is 29.3 Å². The molecule has 6 heteroatoms. The summed E-state index contributed by atoms with van der Waals surface area (Å²) in [4.78, 5) is 0. The number of benzene rings is 1. The van der Waals surface area contributed by atoms with Gasteiger partial charge < -0.3 is 14.8 Å². The highest BCUT2D eigenvalue weighted by atomic mass is 19.4. The van der Waals surface area contributed by atoms with Crippen LogP contribution in [0.3, 0.4) is 0 Å². The molecule has 0 aromatic heterocycles. The van der Waals surface area contributed by atoms with E-state index in [9.17, 15) is 13.2 Å². The summed E-state index contributed by atoms with van der Waals surface area (Å²) in [5.41, 5.74) is 2.06. The molecule has 0 amide bonds. The number of aryl methyl sites for hydroxylation is 1. The Kier molecular flexibility index (Phi) is 6.29. The summed E-state index contributed by atoms with van der Waals surface area (Å²) in [7, 11) is 1.59. The summed E-state index contributed by atoms with van der Waals surface area (Å²) in [6.07, 6.45) is -4.27. The van der Waals surface area contributed by atoms with Crippen molar-refractivity contribution in [2.45, 2.75) is 26.1 Å². The van der Waals surface area contributed by atoms with Gasteiger partial charge in [-0.1, -0.05) is 12.1 Å². The van der Waals surface area contributed by atoms with Gasteiger partial charge in [0.1, 0.15) is 12.4 Å². The van der Waals surface area contributed by atoms with Gasteiger partial charge in [0.15, 0.2) is 0 Å². The third-order valence-electron chi connectivity index (χ3n) is 2.82. The van der Waals surface area contributed by atoms with E-state index in [2.05, 4.69) is 10.1 Å². The van der Waals surface area contributed by atoms with Gasteiger partial charge in [0.25, 0.3) is 0 Å². The fourth-order valence-electron chi connectivity index (χ4n) is 1.82. The van der Waals surface area contributed by atoms with Gasteiger partial charge >= 0.3 is 6.18 Å². The Labute approximate surface area is 117 Å². The third kappa shape index (κ3) is 5.79. The van der Waals surface area contributed by atoms with Crippen LogP contribution in [0.2, 0.25) is 0 Å². The summed E-state index contributed by atoms with van der Waals surface area (Å²) in [5, 5.41) is 3.11. The number of rotatable bonds is 7. The van der Waals surface area contributed by atoms with Crippen molar-refractivity contribution < 1.29 is 22.6 Å². The number of alkyl halides is 3. The van der Waals surface area contributed by atoms with Crippen LogP contribution in [0.25, 0.3) is 0 Å². The highest BCUT2D eigenvalue weighted by Gasteiger charge is 2.27. The molecule has 0 spiro atoms. The summed E-state index contributed by atoms with van der Waals surface area (Å²) in [5.74, 6) is 0.765. The Hall–Kier alpha value is -1.27. The van der Waals surface area contributed by atoms with E-state index in [4.69, 9.17) is 4.74 Å². The smallest absolute Gasteiger partial charge is 0.411 e. The van der Waals surface area contributed by atoms with Gasteiger partial charge in [-0.25, -0.2) is 0 Å². The molecule has 0 aliphatic heterocycles. The van der Waals surface area contributed by atoms with Crippen molar-refractivity contribution in [1.82, 2.24) is 5.32 Å². The summed E-state index contributed by atoms with van der Waals surface area (Å²) in [6.45, 7) is 3.04. The molecule has 0 saturated heterocycles. The molecule has 1 aromatic carbocycles. The van der Waals surface area contributed by atoms with Crippen LogP contribution < -0.4 is 10.1 Å². The van der Waals surface area contributed by atoms with Gasteiger partial charge in [-0.05, 0) is 25.5 Å². The number of halogens is 3. The molecule has 0 bridgehead atoms. The van der Waals surface area contributed by atoms with Crippen LogP contribution in [0.5, 0.6) is 5.75 Å². The molecular formula is C14H20F3NO2. The van der Waals surface area contributed by atoms with Crippen molar-refractivity contribution in [2.24, 2.45) is 0 Å². The quantitative estimate of drug-likeness (QED) is 0.782. The van der Waals surface area contributed by atoms with Crippen LogP contribution in [0.4, 0.5) is 13.2 Å². The van der Waals surface area contributed by atoms with Gasteiger partial charge in [-0.2, -0.15) is 13.2 Å². The minimum absolute atomic E-state index is 0.0119. The molecule has 0 fully saturated rings. The second kappa shape index (κ2) is 7.50. The molecule has 1 unspecified atom stereocenters. The first-order chi connectivity index (χ1) is 9.33. The van der Waals surface area contributed by atoms with Crippen LogP contribution in [0.15, 0.2) is 18.2 Å². The highest BCUT2D eigenvalue weighted by Crippen LogP contribution is 2.25. The average molecular weight is 291 g/mol. The van der Waals surface area contributed by atoms with E-state index in [1.54, 1.807) is 7.11 Å². The minimum Gasteiger partial charge on any atom is -0.496 e. The lowest BCUT2D eigenvalue weighted by atomic mass is 10.1. The Balaban J connectivity index is 2.41. The van der Waals surface area contributed by atoms with Crippen LogP contribution in [-0.2, 0) is 4.74 Å². The topological polar surface area (TPSA) is 30.5 Å². The van der Waals surface area contributed by atoms with E-state index in [-0.39, 0.29) is 12.6 Å². The van der Waals surface area contributed by atoms with E-state index in [1.807, 2.05) is 32.0 Å². The fraction of sp³-hybridized carbons (Fsp3) is 0.571. The van der Waals surface area contributed by atoms with Crippen molar-refractivity contribution in [3.8, 4) is 5.75 Å². The van der Waals surface area contributed by atoms with E-state index in [0.717, 1.165) is 16.9 Å². The number of hydrogen-bond acceptors (Lipinski definition) is 3. The monoisotopic (exact) mass is 291 g/mol. The van der Waals surface area contributed by atoms with Gasteiger partial charge in [-0.3, -0.25) is 0 Å². The van der Waals surface area contributed by atoms with Crippen molar-refractivity contribution in [1.29, 1.82) is 0 Å². The standard InChI is InChI=1S/C14H20F3NO2/c1-10-4-5-12(13(8-10)19-3)11(2)18-6-7-20-9-14(15,16)17/h4-5,8,11,18H,6-7,9H2,1-3H3. The van der Waals surface area contributed by atoms with Crippen LogP contribution in [0.1, 0.15) is 24.1 Å². The lowest BCUT2D eigenvalue weighted by molar-refractivity contribution is -0.173. The molecule has 0 aliphatic carbocycles. The SMILES string of the molecule is COc1cc(C)ccc1C(C)NCCOCC(F)(F)F. The fourth-order valence-corrected chi connectivity index (χ4v) is 1.82. The highest BCUT2D eigenvalue weighted by molar-refractivity contribution is 5.38. The van der Waals surface area contributed by atoms with Crippen LogP contribution in [0, 0.1) is 6.92 Å².